The first-order chi connectivity index (χ1) is 9.08. The molecule has 0 spiro atoms. The Morgan fingerprint density at radius 2 is 1.63 bits per heavy atom. The molecule has 2 N–H and O–H groups in total. The molecule has 0 heterocycles. The number of aromatic hydroxyl groups is 2. The summed E-state index contributed by atoms with van der Waals surface area (Å²) in [4.78, 5) is 0. The molecule has 0 aliphatic heterocycles. The van der Waals surface area contributed by atoms with Gasteiger partial charge in [0.1, 0.15) is 11.5 Å². The van der Waals surface area contributed by atoms with Crippen LogP contribution >= 0.6 is 11.6 Å². The van der Waals surface area contributed by atoms with Crippen LogP contribution in [0.3, 0.4) is 0 Å². The highest BCUT2D eigenvalue weighted by molar-refractivity contribution is 6.30. The van der Waals surface area contributed by atoms with Crippen molar-refractivity contribution in [3.63, 3.8) is 0 Å². The van der Waals surface area contributed by atoms with E-state index in [1.807, 2.05) is 30.3 Å². The zero-order chi connectivity index (χ0) is 13.8. The molecule has 0 atom stereocenters. The van der Waals surface area contributed by atoms with E-state index >= 15 is 0 Å². The minimum absolute atomic E-state index is 0.0535. The van der Waals surface area contributed by atoms with Gasteiger partial charge in [0, 0.05) is 11.1 Å². The van der Waals surface area contributed by atoms with E-state index in [2.05, 4.69) is 6.92 Å². The number of allylic oxidation sites excluding steroid dienone is 1. The third-order valence-electron chi connectivity index (χ3n) is 2.86. The lowest BCUT2D eigenvalue weighted by atomic mass is 10.0. The highest BCUT2D eigenvalue weighted by atomic mass is 35.5. The SMILES string of the molecule is CC/C(=C\c1cc(O)cc(O)c1)c1ccc(Cl)cc1. The Morgan fingerprint density at radius 3 is 2.16 bits per heavy atom. The number of rotatable bonds is 3. The van der Waals surface area contributed by atoms with Gasteiger partial charge in [-0.15, -0.1) is 0 Å². The molecule has 19 heavy (non-hydrogen) atoms. The van der Waals surface area contributed by atoms with Gasteiger partial charge in [0.25, 0.3) is 0 Å². The van der Waals surface area contributed by atoms with Crippen LogP contribution in [0.2, 0.25) is 5.02 Å². The van der Waals surface area contributed by atoms with Crippen LogP contribution in [0.1, 0.15) is 24.5 Å². The number of phenols is 2. The molecule has 2 aromatic carbocycles. The van der Waals surface area contributed by atoms with Crippen LogP contribution < -0.4 is 0 Å². The van der Waals surface area contributed by atoms with Crippen molar-refractivity contribution in [3.8, 4) is 11.5 Å². The van der Waals surface area contributed by atoms with Crippen molar-refractivity contribution in [2.24, 2.45) is 0 Å². The van der Waals surface area contributed by atoms with Crippen molar-refractivity contribution in [2.75, 3.05) is 0 Å². The lowest BCUT2D eigenvalue weighted by molar-refractivity contribution is 0.450. The van der Waals surface area contributed by atoms with Crippen LogP contribution in [0.15, 0.2) is 42.5 Å². The third-order valence-corrected chi connectivity index (χ3v) is 3.11. The second kappa shape index (κ2) is 5.81. The van der Waals surface area contributed by atoms with Crippen molar-refractivity contribution in [3.05, 3.63) is 58.6 Å². The van der Waals surface area contributed by atoms with Gasteiger partial charge in [0.05, 0.1) is 0 Å². The summed E-state index contributed by atoms with van der Waals surface area (Å²) in [5.41, 5.74) is 2.96. The fraction of sp³-hybridized carbons (Fsp3) is 0.125. The molecule has 98 valence electrons. The minimum atomic E-state index is 0.0535. The fourth-order valence-electron chi connectivity index (χ4n) is 1.96. The maximum atomic E-state index is 9.48. The van der Waals surface area contributed by atoms with Crippen LogP contribution in [0.5, 0.6) is 11.5 Å². The van der Waals surface area contributed by atoms with E-state index in [-0.39, 0.29) is 11.5 Å². The second-order valence-electron chi connectivity index (χ2n) is 4.31. The predicted octanol–water partition coefficient (Wildman–Crippen LogP) is 4.70. The minimum Gasteiger partial charge on any atom is -0.508 e. The van der Waals surface area contributed by atoms with Gasteiger partial charge in [-0.3, -0.25) is 0 Å². The largest absolute Gasteiger partial charge is 0.508 e. The summed E-state index contributed by atoms with van der Waals surface area (Å²) in [5, 5.41) is 19.7. The van der Waals surface area contributed by atoms with E-state index in [0.717, 1.165) is 23.1 Å². The second-order valence-corrected chi connectivity index (χ2v) is 4.75. The zero-order valence-electron chi connectivity index (χ0n) is 10.6. The molecule has 3 heteroatoms. The van der Waals surface area contributed by atoms with Crippen molar-refractivity contribution < 1.29 is 10.2 Å². The zero-order valence-corrected chi connectivity index (χ0v) is 11.4. The fourth-order valence-corrected chi connectivity index (χ4v) is 2.08. The number of phenolic OH excluding ortho intramolecular Hbond substituents is 2. The number of benzene rings is 2. The van der Waals surface area contributed by atoms with Crippen molar-refractivity contribution in [1.29, 1.82) is 0 Å². The van der Waals surface area contributed by atoms with E-state index < -0.39 is 0 Å². The Bertz CT molecular complexity index is 580. The van der Waals surface area contributed by atoms with E-state index in [0.29, 0.717) is 5.02 Å². The van der Waals surface area contributed by atoms with Gasteiger partial charge < -0.3 is 10.2 Å². The molecule has 0 aliphatic rings. The Balaban J connectivity index is 2.40. The first kappa shape index (κ1) is 13.5. The molecule has 0 fully saturated rings. The maximum Gasteiger partial charge on any atom is 0.119 e. The van der Waals surface area contributed by atoms with E-state index in [1.54, 1.807) is 12.1 Å². The molecule has 2 nitrogen and oxygen atoms in total. The molecule has 0 saturated heterocycles. The molecule has 0 unspecified atom stereocenters. The van der Waals surface area contributed by atoms with Gasteiger partial charge in [0.2, 0.25) is 0 Å². The first-order valence-electron chi connectivity index (χ1n) is 6.08. The normalized spacial score (nSPS) is 11.6. The third kappa shape index (κ3) is 3.52. The molecule has 0 saturated carbocycles. The summed E-state index contributed by atoms with van der Waals surface area (Å²) < 4.78 is 0. The predicted molar refractivity (Wildman–Crippen MR) is 79.4 cm³/mol. The molecular formula is C16H15ClO2. The average Bonchev–Trinajstić information content (AvgIpc) is 2.36. The molecule has 2 aromatic rings. The van der Waals surface area contributed by atoms with Gasteiger partial charge in [-0.1, -0.05) is 36.7 Å². The number of hydrogen-bond acceptors (Lipinski definition) is 2. The summed E-state index contributed by atoms with van der Waals surface area (Å²) in [5.74, 6) is 0.107. The van der Waals surface area contributed by atoms with Crippen molar-refractivity contribution in [1.82, 2.24) is 0 Å². The van der Waals surface area contributed by atoms with Crippen LogP contribution in [-0.4, -0.2) is 10.2 Å². The van der Waals surface area contributed by atoms with Gasteiger partial charge >= 0.3 is 0 Å². The molecule has 0 radical (unpaired) electrons. The summed E-state index contributed by atoms with van der Waals surface area (Å²) in [6.07, 6.45) is 2.79. The lowest BCUT2D eigenvalue weighted by Crippen LogP contribution is -1.83. The highest BCUT2D eigenvalue weighted by Gasteiger charge is 2.02. The van der Waals surface area contributed by atoms with E-state index in [1.165, 1.54) is 6.07 Å². The van der Waals surface area contributed by atoms with E-state index in [9.17, 15) is 10.2 Å². The Kier molecular flexibility index (Phi) is 4.13. The number of hydrogen-bond donors (Lipinski definition) is 2. The van der Waals surface area contributed by atoms with Crippen LogP contribution in [-0.2, 0) is 0 Å². The Labute approximate surface area is 117 Å². The molecule has 0 aliphatic carbocycles. The average molecular weight is 275 g/mol. The van der Waals surface area contributed by atoms with Gasteiger partial charge in [-0.25, -0.2) is 0 Å². The molecule has 0 aromatic heterocycles. The highest BCUT2D eigenvalue weighted by Crippen LogP contribution is 2.26. The van der Waals surface area contributed by atoms with Gasteiger partial charge in [-0.05, 0) is 47.4 Å². The van der Waals surface area contributed by atoms with Crippen molar-refractivity contribution in [2.45, 2.75) is 13.3 Å². The first-order valence-corrected chi connectivity index (χ1v) is 6.46. The van der Waals surface area contributed by atoms with E-state index in [4.69, 9.17) is 11.6 Å². The topological polar surface area (TPSA) is 40.5 Å². The van der Waals surface area contributed by atoms with Crippen LogP contribution in [0, 0.1) is 0 Å². The summed E-state index contributed by atoms with van der Waals surface area (Å²) in [6.45, 7) is 2.06. The van der Waals surface area contributed by atoms with Gasteiger partial charge in [-0.2, -0.15) is 0 Å². The number of halogens is 1. The van der Waals surface area contributed by atoms with Crippen LogP contribution in [0.4, 0.5) is 0 Å². The van der Waals surface area contributed by atoms with Crippen LogP contribution in [0.25, 0.3) is 11.6 Å². The summed E-state index contributed by atoms with van der Waals surface area (Å²) in [7, 11) is 0. The Morgan fingerprint density at radius 1 is 1.05 bits per heavy atom. The quantitative estimate of drug-likeness (QED) is 0.796. The van der Waals surface area contributed by atoms with Crippen molar-refractivity contribution >= 4 is 23.3 Å². The lowest BCUT2D eigenvalue weighted by Gasteiger charge is -2.06. The monoisotopic (exact) mass is 274 g/mol. The smallest absolute Gasteiger partial charge is 0.119 e. The maximum absolute atomic E-state index is 9.48. The molecule has 0 bridgehead atoms. The van der Waals surface area contributed by atoms with Gasteiger partial charge in [0.15, 0.2) is 0 Å². The molecular weight excluding hydrogens is 260 g/mol. The Hall–Kier alpha value is -1.93. The molecule has 2 rings (SSSR count). The summed E-state index contributed by atoms with van der Waals surface area (Å²) >= 11 is 5.88. The summed E-state index contributed by atoms with van der Waals surface area (Å²) in [6, 6.07) is 12.2. The standard InChI is InChI=1S/C16H15ClO2/c1-2-12(13-3-5-14(17)6-4-13)7-11-8-15(18)10-16(19)9-11/h3-10,18-19H,2H2,1H3/b12-7+. The molecule has 0 amide bonds.